The van der Waals surface area contributed by atoms with Crippen LogP contribution in [0.4, 0.5) is 0 Å². The van der Waals surface area contributed by atoms with Crippen molar-refractivity contribution in [2.45, 2.75) is 11.4 Å². The zero-order valence-corrected chi connectivity index (χ0v) is 15.0. The van der Waals surface area contributed by atoms with E-state index in [1.54, 1.807) is 41.3 Å². The lowest BCUT2D eigenvalue weighted by molar-refractivity contribution is 0.561. The monoisotopic (exact) mass is 406 g/mol. The molecule has 1 N–H and O–H groups in total. The van der Waals surface area contributed by atoms with Crippen molar-refractivity contribution in [3.8, 4) is 11.4 Å². The molecule has 0 amide bonds. The summed E-state index contributed by atoms with van der Waals surface area (Å²) in [7, 11) is -3.52. The molecule has 1 aromatic carbocycles. The predicted molar refractivity (Wildman–Crippen MR) is 94.8 cm³/mol. The second-order valence-electron chi connectivity index (χ2n) is 5.03. The molecule has 2 aromatic heterocycles. The molecule has 3 aromatic rings. The highest BCUT2D eigenvalue weighted by molar-refractivity contribution is 9.10. The van der Waals surface area contributed by atoms with Crippen molar-refractivity contribution < 1.29 is 8.42 Å². The smallest absolute Gasteiger partial charge is 0.240 e. The standard InChI is InChI=1S/C16H15BrN4O2S/c17-13-4-6-14(7-5-13)24(22,23)19-10-12-21-11-8-16(20-21)15-3-1-2-9-18-15/h1-9,11,19H,10,12H2. The number of sulfonamides is 1. The Hall–Kier alpha value is -2.03. The van der Waals surface area contributed by atoms with Crippen LogP contribution in [-0.4, -0.2) is 29.7 Å². The van der Waals surface area contributed by atoms with Gasteiger partial charge in [-0.05, 0) is 42.5 Å². The summed E-state index contributed by atoms with van der Waals surface area (Å²) >= 11 is 3.29. The second kappa shape index (κ2) is 7.25. The first kappa shape index (κ1) is 16.8. The van der Waals surface area contributed by atoms with E-state index in [0.29, 0.717) is 6.54 Å². The molecule has 0 saturated heterocycles. The van der Waals surface area contributed by atoms with Gasteiger partial charge >= 0.3 is 0 Å². The van der Waals surface area contributed by atoms with Crippen molar-refractivity contribution in [1.29, 1.82) is 0 Å². The SMILES string of the molecule is O=S(=O)(NCCn1ccc(-c2ccccn2)n1)c1ccc(Br)cc1. The lowest BCUT2D eigenvalue weighted by Gasteiger charge is -2.07. The van der Waals surface area contributed by atoms with E-state index in [1.165, 1.54) is 0 Å². The fourth-order valence-electron chi connectivity index (χ4n) is 2.13. The Morgan fingerprint density at radius 1 is 1.04 bits per heavy atom. The molecule has 2 heterocycles. The molecule has 0 aliphatic carbocycles. The Balaban J connectivity index is 1.60. The molecule has 0 spiro atoms. The molecule has 0 saturated carbocycles. The molecule has 0 atom stereocenters. The van der Waals surface area contributed by atoms with E-state index >= 15 is 0 Å². The number of rotatable bonds is 6. The first-order valence-electron chi connectivity index (χ1n) is 7.25. The summed E-state index contributed by atoms with van der Waals surface area (Å²) in [4.78, 5) is 4.47. The van der Waals surface area contributed by atoms with Crippen LogP contribution in [0.2, 0.25) is 0 Å². The van der Waals surface area contributed by atoms with Crippen LogP contribution >= 0.6 is 15.9 Å². The minimum atomic E-state index is -3.52. The highest BCUT2D eigenvalue weighted by Gasteiger charge is 2.13. The number of nitrogens with zero attached hydrogens (tertiary/aromatic N) is 3. The van der Waals surface area contributed by atoms with Crippen molar-refractivity contribution >= 4 is 26.0 Å². The Labute approximate surface area is 148 Å². The summed E-state index contributed by atoms with van der Waals surface area (Å²) in [6.45, 7) is 0.685. The van der Waals surface area contributed by atoms with E-state index in [9.17, 15) is 8.42 Å². The van der Waals surface area contributed by atoms with E-state index in [0.717, 1.165) is 15.9 Å². The molecule has 24 heavy (non-hydrogen) atoms. The van der Waals surface area contributed by atoms with E-state index in [1.807, 2.05) is 24.3 Å². The van der Waals surface area contributed by atoms with Gasteiger partial charge in [-0.25, -0.2) is 13.1 Å². The number of nitrogens with one attached hydrogen (secondary N) is 1. The average Bonchev–Trinajstić information content (AvgIpc) is 3.05. The highest BCUT2D eigenvalue weighted by atomic mass is 79.9. The van der Waals surface area contributed by atoms with Crippen LogP contribution in [0.5, 0.6) is 0 Å². The summed E-state index contributed by atoms with van der Waals surface area (Å²) in [5, 5.41) is 4.40. The van der Waals surface area contributed by atoms with Crippen LogP contribution in [-0.2, 0) is 16.6 Å². The fraction of sp³-hybridized carbons (Fsp3) is 0.125. The van der Waals surface area contributed by atoms with Crippen molar-refractivity contribution in [2.75, 3.05) is 6.54 Å². The second-order valence-corrected chi connectivity index (χ2v) is 7.71. The number of pyridine rings is 1. The third-order valence-electron chi connectivity index (χ3n) is 3.32. The van der Waals surface area contributed by atoms with E-state index < -0.39 is 10.0 Å². The van der Waals surface area contributed by atoms with Crippen LogP contribution in [0, 0.1) is 0 Å². The van der Waals surface area contributed by atoms with Crippen molar-refractivity contribution in [3.05, 3.63) is 65.4 Å². The summed E-state index contributed by atoms with van der Waals surface area (Å²) in [5.74, 6) is 0. The van der Waals surface area contributed by atoms with Gasteiger partial charge in [0.25, 0.3) is 0 Å². The maximum atomic E-state index is 12.2. The van der Waals surface area contributed by atoms with Gasteiger partial charge in [0, 0.05) is 23.4 Å². The molecule has 0 aliphatic rings. The van der Waals surface area contributed by atoms with Gasteiger partial charge in [0.15, 0.2) is 0 Å². The predicted octanol–water partition coefficient (Wildman–Crippen LogP) is 2.69. The zero-order chi connectivity index (χ0) is 17.0. The average molecular weight is 407 g/mol. The van der Waals surface area contributed by atoms with Crippen LogP contribution < -0.4 is 4.72 Å². The molecule has 0 aliphatic heterocycles. The van der Waals surface area contributed by atoms with Crippen molar-refractivity contribution in [3.63, 3.8) is 0 Å². The van der Waals surface area contributed by atoms with E-state index in [-0.39, 0.29) is 11.4 Å². The molecule has 124 valence electrons. The summed E-state index contributed by atoms with van der Waals surface area (Å²) in [6.07, 6.45) is 3.51. The fourth-order valence-corrected chi connectivity index (χ4v) is 3.41. The topological polar surface area (TPSA) is 76.9 Å². The molecule has 6 nitrogen and oxygen atoms in total. The first-order chi connectivity index (χ1) is 11.5. The van der Waals surface area contributed by atoms with Crippen LogP contribution in [0.15, 0.2) is 70.3 Å². The van der Waals surface area contributed by atoms with Gasteiger partial charge in [0.1, 0.15) is 5.69 Å². The zero-order valence-electron chi connectivity index (χ0n) is 12.6. The Morgan fingerprint density at radius 2 is 1.83 bits per heavy atom. The molecule has 0 radical (unpaired) electrons. The van der Waals surface area contributed by atoms with Crippen LogP contribution in [0.3, 0.4) is 0 Å². The lowest BCUT2D eigenvalue weighted by atomic mass is 10.3. The number of hydrogen-bond donors (Lipinski definition) is 1. The third kappa shape index (κ3) is 4.08. The number of benzene rings is 1. The molecule has 3 rings (SSSR count). The molecular weight excluding hydrogens is 392 g/mol. The number of aromatic nitrogens is 3. The van der Waals surface area contributed by atoms with Crippen LogP contribution in [0.1, 0.15) is 0 Å². The first-order valence-corrected chi connectivity index (χ1v) is 9.52. The minimum Gasteiger partial charge on any atom is -0.271 e. The maximum absolute atomic E-state index is 12.2. The maximum Gasteiger partial charge on any atom is 0.240 e. The lowest BCUT2D eigenvalue weighted by Crippen LogP contribution is -2.27. The van der Waals surface area contributed by atoms with Gasteiger partial charge in [-0.1, -0.05) is 22.0 Å². The number of halogens is 1. The van der Waals surface area contributed by atoms with Gasteiger partial charge in [-0.2, -0.15) is 5.10 Å². The normalized spacial score (nSPS) is 11.5. The summed E-state index contributed by atoms with van der Waals surface area (Å²) in [6, 6.07) is 14.0. The van der Waals surface area contributed by atoms with Gasteiger partial charge in [0.05, 0.1) is 17.1 Å². The molecule has 8 heteroatoms. The highest BCUT2D eigenvalue weighted by Crippen LogP contribution is 2.15. The van der Waals surface area contributed by atoms with E-state index in [2.05, 4.69) is 30.7 Å². The number of hydrogen-bond acceptors (Lipinski definition) is 4. The van der Waals surface area contributed by atoms with Crippen LogP contribution in [0.25, 0.3) is 11.4 Å². The molecular formula is C16H15BrN4O2S. The Morgan fingerprint density at radius 3 is 2.54 bits per heavy atom. The van der Waals surface area contributed by atoms with E-state index in [4.69, 9.17) is 0 Å². The minimum absolute atomic E-state index is 0.236. The van der Waals surface area contributed by atoms with Crippen molar-refractivity contribution in [2.24, 2.45) is 0 Å². The van der Waals surface area contributed by atoms with Gasteiger partial charge in [-0.3, -0.25) is 9.67 Å². The van der Waals surface area contributed by atoms with Gasteiger partial charge in [0.2, 0.25) is 10.0 Å². The quantitative estimate of drug-likeness (QED) is 0.682. The molecule has 0 bridgehead atoms. The molecule has 0 unspecified atom stereocenters. The molecule has 0 fully saturated rings. The Kier molecular flexibility index (Phi) is 5.08. The largest absolute Gasteiger partial charge is 0.271 e. The third-order valence-corrected chi connectivity index (χ3v) is 5.33. The van der Waals surface area contributed by atoms with Gasteiger partial charge in [-0.15, -0.1) is 0 Å². The summed E-state index contributed by atoms with van der Waals surface area (Å²) in [5.41, 5.74) is 1.54. The van der Waals surface area contributed by atoms with Crippen molar-refractivity contribution in [1.82, 2.24) is 19.5 Å². The Bertz CT molecular complexity index is 909. The van der Waals surface area contributed by atoms with Gasteiger partial charge < -0.3 is 0 Å². The summed E-state index contributed by atoms with van der Waals surface area (Å²) < 4.78 is 29.5.